The van der Waals surface area contributed by atoms with E-state index < -0.39 is 0 Å². The summed E-state index contributed by atoms with van der Waals surface area (Å²) in [4.78, 5) is 4.29. The van der Waals surface area contributed by atoms with Crippen LogP contribution in [0.4, 0.5) is 0 Å². The highest BCUT2D eigenvalue weighted by atomic mass is 15.0. The summed E-state index contributed by atoms with van der Waals surface area (Å²) >= 11 is 0. The Morgan fingerprint density at radius 1 is 0.794 bits per heavy atom. The molecule has 0 atom stereocenters. The molecular weight excluding hydrogens is 414 g/mol. The number of hydrogen-bond acceptors (Lipinski definition) is 1. The molecule has 0 aliphatic carbocycles. The molecule has 3 aromatic carbocycles. The standard InChI is InChI=1S/C31H28N3/c1-20(2)34-29-10-6-5-9-26(29)28-16-21(3)27(18-30(28)34)31-25-12-11-22(24-8-7-14-32-19-24)17-23(25)13-15-33(31)4/h5-20H,1-4H3/q+1. The van der Waals surface area contributed by atoms with Crippen molar-refractivity contribution >= 4 is 32.6 Å². The molecule has 0 bridgehead atoms. The maximum absolute atomic E-state index is 4.29. The molecule has 3 aromatic heterocycles. The number of nitrogens with zero attached hydrogens (tertiary/aromatic N) is 3. The van der Waals surface area contributed by atoms with Crippen LogP contribution in [0.5, 0.6) is 0 Å². The Hall–Kier alpha value is -3.98. The summed E-state index contributed by atoms with van der Waals surface area (Å²) in [5, 5.41) is 5.14. The van der Waals surface area contributed by atoms with Crippen LogP contribution in [0.2, 0.25) is 0 Å². The van der Waals surface area contributed by atoms with Crippen LogP contribution in [0.1, 0.15) is 25.5 Å². The van der Waals surface area contributed by atoms with Crippen molar-refractivity contribution in [3.8, 4) is 22.4 Å². The van der Waals surface area contributed by atoms with Gasteiger partial charge in [-0.25, -0.2) is 4.57 Å². The predicted molar refractivity (Wildman–Crippen MR) is 142 cm³/mol. The predicted octanol–water partition coefficient (Wildman–Crippen LogP) is 7.39. The minimum Gasteiger partial charge on any atom is -0.338 e. The van der Waals surface area contributed by atoms with Gasteiger partial charge in [-0.3, -0.25) is 4.98 Å². The Bertz CT molecular complexity index is 1690. The van der Waals surface area contributed by atoms with Gasteiger partial charge < -0.3 is 4.57 Å². The molecule has 3 heteroatoms. The first kappa shape index (κ1) is 20.6. The van der Waals surface area contributed by atoms with E-state index in [0.29, 0.717) is 6.04 Å². The summed E-state index contributed by atoms with van der Waals surface area (Å²) in [6.45, 7) is 6.77. The number of fused-ring (bicyclic) bond motifs is 4. The summed E-state index contributed by atoms with van der Waals surface area (Å²) in [7, 11) is 2.14. The quantitative estimate of drug-likeness (QED) is 0.262. The maximum atomic E-state index is 4.29. The third-order valence-corrected chi connectivity index (χ3v) is 6.96. The van der Waals surface area contributed by atoms with Crippen LogP contribution in [0.25, 0.3) is 55.0 Å². The van der Waals surface area contributed by atoms with Crippen molar-refractivity contribution in [2.75, 3.05) is 0 Å². The highest BCUT2D eigenvalue weighted by Crippen LogP contribution is 2.37. The number of para-hydroxylation sites is 1. The van der Waals surface area contributed by atoms with E-state index in [1.54, 1.807) is 0 Å². The monoisotopic (exact) mass is 442 g/mol. The van der Waals surface area contributed by atoms with Gasteiger partial charge >= 0.3 is 0 Å². The first-order chi connectivity index (χ1) is 16.5. The molecule has 0 N–H and O–H groups in total. The summed E-state index contributed by atoms with van der Waals surface area (Å²) in [6, 6.07) is 26.9. The fourth-order valence-corrected chi connectivity index (χ4v) is 5.39. The van der Waals surface area contributed by atoms with E-state index in [0.717, 1.165) is 5.56 Å². The van der Waals surface area contributed by atoms with Crippen molar-refractivity contribution in [3.63, 3.8) is 0 Å². The molecule has 0 unspecified atom stereocenters. The number of aromatic nitrogens is 3. The Kier molecular flexibility index (Phi) is 4.73. The first-order valence-corrected chi connectivity index (χ1v) is 11.9. The van der Waals surface area contributed by atoms with Crippen molar-refractivity contribution in [1.29, 1.82) is 0 Å². The van der Waals surface area contributed by atoms with Crippen LogP contribution < -0.4 is 4.57 Å². The molecule has 0 spiro atoms. The van der Waals surface area contributed by atoms with E-state index in [9.17, 15) is 0 Å². The highest BCUT2D eigenvalue weighted by molar-refractivity contribution is 6.10. The maximum Gasteiger partial charge on any atom is 0.220 e. The Labute approximate surface area is 199 Å². The highest BCUT2D eigenvalue weighted by Gasteiger charge is 2.21. The fraction of sp³-hybridized carbons (Fsp3) is 0.161. The molecule has 3 nitrogen and oxygen atoms in total. The molecule has 3 heterocycles. The smallest absolute Gasteiger partial charge is 0.220 e. The van der Waals surface area contributed by atoms with Gasteiger partial charge in [0.15, 0.2) is 6.20 Å². The van der Waals surface area contributed by atoms with E-state index in [2.05, 4.69) is 115 Å². The number of pyridine rings is 2. The first-order valence-electron chi connectivity index (χ1n) is 11.9. The molecule has 0 saturated carbocycles. The van der Waals surface area contributed by atoms with Crippen LogP contribution in [-0.4, -0.2) is 9.55 Å². The van der Waals surface area contributed by atoms with Gasteiger partial charge in [0.05, 0.1) is 16.5 Å². The fourth-order valence-electron chi connectivity index (χ4n) is 5.39. The summed E-state index contributed by atoms with van der Waals surface area (Å²) in [5.41, 5.74) is 8.73. The summed E-state index contributed by atoms with van der Waals surface area (Å²) < 4.78 is 4.72. The zero-order chi connectivity index (χ0) is 23.4. The van der Waals surface area contributed by atoms with Crippen LogP contribution in [-0.2, 0) is 7.05 Å². The molecule has 0 aliphatic heterocycles. The molecule has 6 rings (SSSR count). The van der Waals surface area contributed by atoms with Crippen LogP contribution in [0.3, 0.4) is 0 Å². The largest absolute Gasteiger partial charge is 0.338 e. The minimum atomic E-state index is 0.376. The Morgan fingerprint density at radius 3 is 2.44 bits per heavy atom. The number of aryl methyl sites for hydroxylation is 2. The number of hydrogen-bond donors (Lipinski definition) is 0. The van der Waals surface area contributed by atoms with Crippen molar-refractivity contribution < 1.29 is 4.57 Å². The summed E-state index contributed by atoms with van der Waals surface area (Å²) in [5.74, 6) is 0. The second-order valence-corrected chi connectivity index (χ2v) is 9.48. The average Bonchev–Trinajstić information content (AvgIpc) is 3.17. The van der Waals surface area contributed by atoms with Gasteiger partial charge in [0.2, 0.25) is 5.69 Å². The van der Waals surface area contributed by atoms with E-state index >= 15 is 0 Å². The van der Waals surface area contributed by atoms with Gasteiger partial charge in [0.25, 0.3) is 0 Å². The van der Waals surface area contributed by atoms with Gasteiger partial charge in [-0.15, -0.1) is 0 Å². The van der Waals surface area contributed by atoms with Crippen LogP contribution in [0, 0.1) is 6.92 Å². The minimum absolute atomic E-state index is 0.376. The molecule has 0 saturated heterocycles. The van der Waals surface area contributed by atoms with Crippen molar-refractivity contribution in [1.82, 2.24) is 9.55 Å². The Balaban J connectivity index is 1.63. The molecule has 0 fully saturated rings. The average molecular weight is 443 g/mol. The van der Waals surface area contributed by atoms with Crippen molar-refractivity contribution in [2.24, 2.45) is 7.05 Å². The van der Waals surface area contributed by atoms with Gasteiger partial charge in [0, 0.05) is 46.4 Å². The second kappa shape index (κ2) is 7.81. The van der Waals surface area contributed by atoms with Gasteiger partial charge in [0.1, 0.15) is 7.05 Å². The van der Waals surface area contributed by atoms with E-state index in [1.165, 1.54) is 55.0 Å². The summed E-state index contributed by atoms with van der Waals surface area (Å²) in [6.07, 6.45) is 5.91. The number of rotatable bonds is 3. The zero-order valence-corrected chi connectivity index (χ0v) is 20.1. The third-order valence-electron chi connectivity index (χ3n) is 6.96. The second-order valence-electron chi connectivity index (χ2n) is 9.48. The molecule has 0 amide bonds. The molecule has 166 valence electrons. The topological polar surface area (TPSA) is 21.7 Å². The lowest BCUT2D eigenvalue weighted by atomic mass is 9.96. The Morgan fingerprint density at radius 2 is 1.65 bits per heavy atom. The molecule has 34 heavy (non-hydrogen) atoms. The van der Waals surface area contributed by atoms with E-state index in [1.807, 2.05) is 18.5 Å². The lowest BCUT2D eigenvalue weighted by molar-refractivity contribution is -0.659. The molecule has 0 aliphatic rings. The third kappa shape index (κ3) is 3.12. The zero-order valence-electron chi connectivity index (χ0n) is 20.1. The SMILES string of the molecule is Cc1cc2c3ccccc3n(C(C)C)c2cc1-c1c2ccc(-c3cccnc3)cc2cc[n+]1C. The van der Waals surface area contributed by atoms with Crippen LogP contribution >= 0.6 is 0 Å². The molecule has 6 aromatic rings. The lowest BCUT2D eigenvalue weighted by Gasteiger charge is -2.14. The van der Waals surface area contributed by atoms with Crippen molar-refractivity contribution in [2.45, 2.75) is 26.8 Å². The van der Waals surface area contributed by atoms with Gasteiger partial charge in [-0.2, -0.15) is 0 Å². The lowest BCUT2D eigenvalue weighted by Crippen LogP contribution is -2.30. The van der Waals surface area contributed by atoms with Crippen molar-refractivity contribution in [3.05, 3.63) is 97.0 Å². The van der Waals surface area contributed by atoms with E-state index in [4.69, 9.17) is 0 Å². The number of benzene rings is 3. The molecule has 0 radical (unpaired) electrons. The normalized spacial score (nSPS) is 11.8. The van der Waals surface area contributed by atoms with Crippen LogP contribution in [0.15, 0.2) is 91.4 Å². The van der Waals surface area contributed by atoms with Gasteiger partial charge in [-0.05, 0) is 73.7 Å². The van der Waals surface area contributed by atoms with Gasteiger partial charge in [-0.1, -0.05) is 30.3 Å². The molecular formula is C31H28N3+. The van der Waals surface area contributed by atoms with E-state index in [-0.39, 0.29) is 0 Å².